The van der Waals surface area contributed by atoms with Crippen LogP contribution in [-0.2, 0) is 0 Å². The van der Waals surface area contributed by atoms with Crippen LogP contribution in [0.5, 0.6) is 0 Å². The lowest BCUT2D eigenvalue weighted by Gasteiger charge is -2.22. The zero-order valence-electron chi connectivity index (χ0n) is 13.4. The van der Waals surface area contributed by atoms with Crippen molar-refractivity contribution in [1.82, 2.24) is 9.80 Å². The second-order valence-corrected chi connectivity index (χ2v) is 5.86. The zero-order valence-corrected chi connectivity index (χ0v) is 13.4. The normalized spacial score (nSPS) is 13.4. The van der Waals surface area contributed by atoms with Crippen LogP contribution in [-0.4, -0.2) is 55.8 Å². The molecule has 0 aliphatic carbocycles. The first-order chi connectivity index (χ1) is 8.23. The summed E-state index contributed by atoms with van der Waals surface area (Å²) in [5.41, 5.74) is 0. The van der Waals surface area contributed by atoms with E-state index < -0.39 is 0 Å². The highest BCUT2D eigenvalue weighted by atomic mass is 15.3. The summed E-state index contributed by atoms with van der Waals surface area (Å²) in [5, 5.41) is 0. The number of amidine groups is 1. The number of nitrogens with zero attached hydrogens (tertiary/aromatic N) is 4. The van der Waals surface area contributed by atoms with Crippen molar-refractivity contribution in [3.8, 4) is 0 Å². The molecule has 0 atom stereocenters. The van der Waals surface area contributed by atoms with Crippen LogP contribution in [0.3, 0.4) is 0 Å². The van der Waals surface area contributed by atoms with Gasteiger partial charge in [-0.3, -0.25) is 4.99 Å². The van der Waals surface area contributed by atoms with Crippen molar-refractivity contribution in [2.75, 3.05) is 34.2 Å². The minimum Gasteiger partial charge on any atom is -0.366 e. The third-order valence-electron chi connectivity index (χ3n) is 2.49. The standard InChI is InChI=1S/C14H30N4/c1-11(2)9-15-14(16-13(5)17(6)7)18(8)10-12(3)4/h11-12H,9-10H2,1-8H3/b15-14-,16-13+. The fraction of sp³-hybridized carbons (Fsp3) is 0.857. The maximum absolute atomic E-state index is 4.63. The van der Waals surface area contributed by atoms with Crippen LogP contribution in [0, 0.1) is 11.8 Å². The van der Waals surface area contributed by atoms with Crippen LogP contribution in [0.25, 0.3) is 0 Å². The molecule has 0 aromatic rings. The molecule has 0 bridgehead atoms. The Labute approximate surface area is 113 Å². The lowest BCUT2D eigenvalue weighted by atomic mass is 10.2. The maximum Gasteiger partial charge on any atom is 0.222 e. The van der Waals surface area contributed by atoms with Crippen molar-refractivity contribution < 1.29 is 0 Å². The predicted molar refractivity (Wildman–Crippen MR) is 81.4 cm³/mol. The highest BCUT2D eigenvalue weighted by molar-refractivity contribution is 5.94. The zero-order chi connectivity index (χ0) is 14.3. The summed E-state index contributed by atoms with van der Waals surface area (Å²) in [4.78, 5) is 13.4. The van der Waals surface area contributed by atoms with E-state index in [9.17, 15) is 0 Å². The van der Waals surface area contributed by atoms with Crippen LogP contribution in [0.4, 0.5) is 0 Å². The van der Waals surface area contributed by atoms with Gasteiger partial charge in [-0.25, -0.2) is 4.99 Å². The van der Waals surface area contributed by atoms with Crippen LogP contribution >= 0.6 is 0 Å². The first-order valence-corrected chi connectivity index (χ1v) is 6.72. The molecule has 0 N–H and O–H groups in total. The van der Waals surface area contributed by atoms with Crippen molar-refractivity contribution in [3.05, 3.63) is 0 Å². The number of rotatable bonds is 4. The molecule has 0 radical (unpaired) electrons. The smallest absolute Gasteiger partial charge is 0.222 e. The Kier molecular flexibility index (Phi) is 7.64. The molecule has 0 rings (SSSR count). The van der Waals surface area contributed by atoms with Crippen molar-refractivity contribution in [2.24, 2.45) is 21.8 Å². The third kappa shape index (κ3) is 7.30. The molecule has 0 saturated carbocycles. The number of guanidine groups is 1. The van der Waals surface area contributed by atoms with E-state index in [2.05, 4.69) is 49.6 Å². The molecule has 0 aliphatic heterocycles. The van der Waals surface area contributed by atoms with Gasteiger partial charge in [0.15, 0.2) is 0 Å². The minimum absolute atomic E-state index is 0.558. The van der Waals surface area contributed by atoms with Crippen molar-refractivity contribution in [1.29, 1.82) is 0 Å². The lowest BCUT2D eigenvalue weighted by molar-refractivity contribution is 0.418. The van der Waals surface area contributed by atoms with Gasteiger partial charge >= 0.3 is 0 Å². The number of hydrogen-bond acceptors (Lipinski definition) is 1. The molecular weight excluding hydrogens is 224 g/mol. The molecule has 0 amide bonds. The van der Waals surface area contributed by atoms with Crippen molar-refractivity contribution in [3.63, 3.8) is 0 Å². The maximum atomic E-state index is 4.63. The molecule has 0 aliphatic rings. The first-order valence-electron chi connectivity index (χ1n) is 6.72. The molecule has 0 fully saturated rings. The van der Waals surface area contributed by atoms with Crippen LogP contribution in [0.2, 0.25) is 0 Å². The van der Waals surface area contributed by atoms with E-state index in [1.165, 1.54) is 0 Å². The van der Waals surface area contributed by atoms with Crippen LogP contribution in [0.15, 0.2) is 9.98 Å². The second kappa shape index (κ2) is 8.11. The first kappa shape index (κ1) is 16.9. The van der Waals surface area contributed by atoms with Gasteiger partial charge in [-0.2, -0.15) is 0 Å². The van der Waals surface area contributed by atoms with E-state index in [1.54, 1.807) is 0 Å². The molecule has 0 aromatic carbocycles. The monoisotopic (exact) mass is 254 g/mol. The molecule has 0 aromatic heterocycles. The van der Waals surface area contributed by atoms with Gasteiger partial charge in [0.05, 0.1) is 0 Å². The summed E-state index contributed by atoms with van der Waals surface area (Å²) in [6.45, 7) is 12.6. The van der Waals surface area contributed by atoms with Gasteiger partial charge in [-0.15, -0.1) is 0 Å². The van der Waals surface area contributed by atoms with Crippen molar-refractivity contribution >= 4 is 11.8 Å². The van der Waals surface area contributed by atoms with E-state index in [0.29, 0.717) is 11.8 Å². The fourth-order valence-corrected chi connectivity index (χ4v) is 1.38. The molecule has 18 heavy (non-hydrogen) atoms. The molecule has 0 unspecified atom stereocenters. The quantitative estimate of drug-likeness (QED) is 0.570. The molecule has 106 valence electrons. The average Bonchev–Trinajstić information content (AvgIpc) is 2.21. The Hall–Kier alpha value is -1.06. The summed E-state index contributed by atoms with van der Waals surface area (Å²) < 4.78 is 0. The Balaban J connectivity index is 4.93. The number of aliphatic imine (C=N–C) groups is 2. The topological polar surface area (TPSA) is 31.2 Å². The van der Waals surface area contributed by atoms with E-state index in [0.717, 1.165) is 24.9 Å². The molecular formula is C14H30N4. The molecule has 4 heteroatoms. The second-order valence-electron chi connectivity index (χ2n) is 5.86. The summed E-state index contributed by atoms with van der Waals surface area (Å²) in [6, 6.07) is 0. The molecule has 0 heterocycles. The van der Waals surface area contributed by atoms with Gasteiger partial charge in [0.25, 0.3) is 0 Å². The largest absolute Gasteiger partial charge is 0.366 e. The third-order valence-corrected chi connectivity index (χ3v) is 2.49. The fourth-order valence-electron chi connectivity index (χ4n) is 1.38. The highest BCUT2D eigenvalue weighted by Crippen LogP contribution is 2.02. The average molecular weight is 254 g/mol. The van der Waals surface area contributed by atoms with E-state index in [1.807, 2.05) is 25.9 Å². The Morgan fingerprint density at radius 3 is 1.94 bits per heavy atom. The summed E-state index contributed by atoms with van der Waals surface area (Å²) in [5.74, 6) is 2.98. The Bertz CT molecular complexity index is 290. The Morgan fingerprint density at radius 1 is 1.00 bits per heavy atom. The minimum atomic E-state index is 0.558. The number of hydrogen-bond donors (Lipinski definition) is 0. The highest BCUT2D eigenvalue weighted by Gasteiger charge is 2.09. The molecule has 0 saturated heterocycles. The van der Waals surface area contributed by atoms with Gasteiger partial charge < -0.3 is 9.80 Å². The summed E-state index contributed by atoms with van der Waals surface area (Å²) in [7, 11) is 6.06. The van der Waals surface area contributed by atoms with Crippen molar-refractivity contribution in [2.45, 2.75) is 34.6 Å². The van der Waals surface area contributed by atoms with Crippen LogP contribution in [0.1, 0.15) is 34.6 Å². The SMILES string of the molecule is C/C(=N\C(=N\CC(C)C)N(C)CC(C)C)N(C)C. The van der Waals surface area contributed by atoms with Gasteiger partial charge in [-0.1, -0.05) is 27.7 Å². The lowest BCUT2D eigenvalue weighted by Crippen LogP contribution is -2.32. The summed E-state index contributed by atoms with van der Waals surface area (Å²) in [6.07, 6.45) is 0. The summed E-state index contributed by atoms with van der Waals surface area (Å²) >= 11 is 0. The van der Waals surface area contributed by atoms with E-state index in [-0.39, 0.29) is 0 Å². The molecule has 4 nitrogen and oxygen atoms in total. The van der Waals surface area contributed by atoms with Gasteiger partial charge in [0.2, 0.25) is 5.96 Å². The van der Waals surface area contributed by atoms with E-state index >= 15 is 0 Å². The van der Waals surface area contributed by atoms with E-state index in [4.69, 9.17) is 0 Å². The van der Waals surface area contributed by atoms with Gasteiger partial charge in [0.1, 0.15) is 5.84 Å². The van der Waals surface area contributed by atoms with Crippen LogP contribution < -0.4 is 0 Å². The van der Waals surface area contributed by atoms with Gasteiger partial charge in [0, 0.05) is 34.2 Å². The van der Waals surface area contributed by atoms with Gasteiger partial charge in [-0.05, 0) is 18.8 Å². The molecule has 0 spiro atoms. The predicted octanol–water partition coefficient (Wildman–Crippen LogP) is 2.57. The Morgan fingerprint density at radius 2 is 1.56 bits per heavy atom.